The second-order valence-corrected chi connectivity index (χ2v) is 11.2. The van der Waals surface area contributed by atoms with E-state index in [9.17, 15) is 52.3 Å². The molecule has 2 aromatic rings. The van der Waals surface area contributed by atoms with Gasteiger partial charge in [0.2, 0.25) is 5.60 Å². The Bertz CT molecular complexity index is 1610. The lowest BCUT2D eigenvalue weighted by Crippen LogP contribution is -2.73. The second kappa shape index (κ2) is 12.4. The van der Waals surface area contributed by atoms with Gasteiger partial charge in [-0.15, -0.1) is 11.3 Å². The minimum Gasteiger partial charge on any atom is -0.504 e. The molecule has 232 valence electrons. The molecule has 3 amide bonds. The Balaban J connectivity index is 1.72. The Kier molecular flexibility index (Phi) is 9.36. The van der Waals surface area contributed by atoms with Crippen LogP contribution in [-0.4, -0.2) is 109 Å². The number of hydrogen-bond acceptors (Lipinski definition) is 16. The van der Waals surface area contributed by atoms with Crippen molar-refractivity contribution < 1.29 is 61.8 Å². The van der Waals surface area contributed by atoms with Crippen molar-refractivity contribution in [2.75, 3.05) is 18.9 Å². The van der Waals surface area contributed by atoms with Crippen LogP contribution in [0, 0.1) is 0 Å². The van der Waals surface area contributed by atoms with Crippen LogP contribution in [0.15, 0.2) is 22.8 Å². The Morgan fingerprint density at radius 3 is 2.44 bits per heavy atom. The summed E-state index contributed by atoms with van der Waals surface area (Å²) in [5, 5.41) is 37.0. The van der Waals surface area contributed by atoms with Crippen LogP contribution in [0.5, 0.6) is 11.5 Å². The van der Waals surface area contributed by atoms with Crippen molar-refractivity contribution in [3.05, 3.63) is 29.0 Å². The van der Waals surface area contributed by atoms with Gasteiger partial charge in [-0.1, -0.05) is 5.16 Å². The number of aromatic hydroxyl groups is 2. The normalized spacial score (nSPS) is 17.0. The standard InChI is InChI=1S/C21H23N7O13S2/c1-21(2,19(35)36)41-27-14(9-7-42-20(22)25-9)17(33)26-15-10(28(18(15)34)43(37,38)39)6-40-13(31)5-24-16(32)8-3-11(29)12(30)4-23-8/h3-4,7,10,15,30H,5-6H2,1-2H3,(H2,22,25)(H,23,29)(H,24,32)(H,26,33)(H,35,36)(H,37,38,39)/t10-,15+/m1/s1. The van der Waals surface area contributed by atoms with Crippen molar-refractivity contribution in [3.8, 4) is 11.5 Å². The van der Waals surface area contributed by atoms with Crippen molar-refractivity contribution in [3.63, 3.8) is 0 Å². The van der Waals surface area contributed by atoms with E-state index in [-0.39, 0.29) is 20.8 Å². The number of aliphatic carboxylic acids is 1. The molecule has 1 saturated heterocycles. The van der Waals surface area contributed by atoms with Crippen LogP contribution in [0.1, 0.15) is 30.0 Å². The summed E-state index contributed by atoms with van der Waals surface area (Å²) in [5.41, 5.74) is 2.47. The van der Waals surface area contributed by atoms with Crippen LogP contribution in [0.4, 0.5) is 5.13 Å². The quantitative estimate of drug-likeness (QED) is 0.0415. The molecular weight excluding hydrogens is 622 g/mol. The lowest BCUT2D eigenvalue weighted by Gasteiger charge is -2.43. The Morgan fingerprint density at radius 2 is 1.88 bits per heavy atom. The van der Waals surface area contributed by atoms with E-state index in [4.69, 9.17) is 15.3 Å². The minimum atomic E-state index is -5.19. The largest absolute Gasteiger partial charge is 0.504 e. The zero-order valence-electron chi connectivity index (χ0n) is 21.9. The number of nitrogens with two attached hydrogens (primary N) is 1. The van der Waals surface area contributed by atoms with Gasteiger partial charge in [-0.25, -0.2) is 19.1 Å². The summed E-state index contributed by atoms with van der Waals surface area (Å²) >= 11 is 0.883. The molecule has 1 fully saturated rings. The highest BCUT2D eigenvalue weighted by Crippen LogP contribution is 2.25. The predicted molar refractivity (Wildman–Crippen MR) is 141 cm³/mol. The van der Waals surface area contributed by atoms with Gasteiger partial charge in [0.1, 0.15) is 36.6 Å². The maximum Gasteiger partial charge on any atom is 0.362 e. The van der Waals surface area contributed by atoms with Crippen molar-refractivity contribution in [2.24, 2.45) is 5.16 Å². The first-order valence-corrected chi connectivity index (χ1v) is 13.8. The first kappa shape index (κ1) is 32.4. The number of carbonyl (C=O) groups is 5. The third-order valence-corrected chi connectivity index (χ3v) is 7.09. The fourth-order valence-corrected chi connectivity index (χ4v) is 4.58. The first-order chi connectivity index (χ1) is 19.9. The third-order valence-electron chi connectivity index (χ3n) is 5.47. The van der Waals surface area contributed by atoms with Crippen LogP contribution in [0.3, 0.4) is 0 Å². The van der Waals surface area contributed by atoms with Crippen LogP contribution >= 0.6 is 11.3 Å². The number of aromatic nitrogens is 2. The molecule has 22 heteroatoms. The number of oxime groups is 1. The van der Waals surface area contributed by atoms with E-state index in [0.29, 0.717) is 0 Å². The fourth-order valence-electron chi connectivity index (χ4n) is 3.17. The summed E-state index contributed by atoms with van der Waals surface area (Å²) in [5.74, 6) is -7.33. The van der Waals surface area contributed by atoms with E-state index < -0.39 is 88.0 Å². The Labute approximate surface area is 245 Å². The maximum atomic E-state index is 13.1. The van der Waals surface area contributed by atoms with Gasteiger partial charge in [0.15, 0.2) is 22.3 Å². The number of nitrogen functional groups attached to an aromatic ring is 1. The topological polar surface area (TPSA) is 310 Å². The molecule has 1 aliphatic rings. The van der Waals surface area contributed by atoms with Crippen LogP contribution in [-0.2, 0) is 39.1 Å². The molecule has 2 atom stereocenters. The highest BCUT2D eigenvalue weighted by Gasteiger charge is 2.55. The van der Waals surface area contributed by atoms with Crippen LogP contribution in [0.2, 0.25) is 0 Å². The number of esters is 1. The van der Waals surface area contributed by atoms with Crippen molar-refractivity contribution in [1.82, 2.24) is 24.9 Å². The molecule has 43 heavy (non-hydrogen) atoms. The van der Waals surface area contributed by atoms with E-state index in [2.05, 4.69) is 25.8 Å². The number of nitrogens with one attached hydrogen (secondary N) is 2. The summed E-state index contributed by atoms with van der Waals surface area (Å²) in [6, 6.07) is -2.56. The lowest BCUT2D eigenvalue weighted by molar-refractivity contribution is -0.161. The number of hydrogen-bond donors (Lipinski definition) is 7. The van der Waals surface area contributed by atoms with E-state index in [1.54, 1.807) is 0 Å². The molecule has 2 aromatic heterocycles. The van der Waals surface area contributed by atoms with Gasteiger partial charge in [-0.3, -0.25) is 23.7 Å². The van der Waals surface area contributed by atoms with Gasteiger partial charge in [-0.05, 0) is 13.8 Å². The Hall–Kier alpha value is -5.09. The van der Waals surface area contributed by atoms with Gasteiger partial charge in [0.05, 0.1) is 6.20 Å². The van der Waals surface area contributed by atoms with Crippen LogP contribution in [0.25, 0.3) is 0 Å². The Morgan fingerprint density at radius 1 is 1.21 bits per heavy atom. The monoisotopic (exact) mass is 645 g/mol. The average molecular weight is 646 g/mol. The highest BCUT2D eigenvalue weighted by molar-refractivity contribution is 7.84. The van der Waals surface area contributed by atoms with Crippen molar-refractivity contribution in [2.45, 2.75) is 31.5 Å². The van der Waals surface area contributed by atoms with Crippen LogP contribution < -0.4 is 16.4 Å². The first-order valence-electron chi connectivity index (χ1n) is 11.6. The predicted octanol–water partition coefficient (Wildman–Crippen LogP) is -2.41. The summed E-state index contributed by atoms with van der Waals surface area (Å²) in [6.45, 7) is 0.550. The average Bonchev–Trinajstić information content (AvgIpc) is 3.34. The number of thiazole rings is 1. The molecule has 3 heterocycles. The number of pyridine rings is 1. The summed E-state index contributed by atoms with van der Waals surface area (Å²) < 4.78 is 37.8. The molecule has 8 N–H and O–H groups in total. The molecule has 0 aliphatic carbocycles. The van der Waals surface area contributed by atoms with Crippen molar-refractivity contribution in [1.29, 1.82) is 0 Å². The highest BCUT2D eigenvalue weighted by atomic mass is 32.2. The van der Waals surface area contributed by atoms with E-state index >= 15 is 0 Å². The lowest BCUT2D eigenvalue weighted by atomic mass is 9.99. The van der Waals surface area contributed by atoms with Gasteiger partial charge in [-0.2, -0.15) is 8.42 Å². The van der Waals surface area contributed by atoms with Gasteiger partial charge in [0.25, 0.3) is 17.7 Å². The molecule has 0 spiro atoms. The number of amides is 3. The number of ether oxygens (including phenoxy) is 1. The SMILES string of the molecule is CC(C)(ON=C(C(=O)N[C@@H]1C(=O)N(S(=O)(=O)O)[C@@H]1COC(=O)CNC(=O)c1cc(O)c(O)cn1)c1csc(N)n1)C(=O)O. The molecule has 0 unspecified atom stereocenters. The van der Waals surface area contributed by atoms with E-state index in [1.165, 1.54) is 5.38 Å². The smallest absolute Gasteiger partial charge is 0.362 e. The number of anilines is 1. The van der Waals surface area contributed by atoms with E-state index in [1.807, 2.05) is 0 Å². The fraction of sp³-hybridized carbons (Fsp3) is 0.333. The molecule has 3 rings (SSSR count). The molecule has 0 bridgehead atoms. The number of carbonyl (C=O) groups excluding carboxylic acids is 4. The number of carboxylic acid groups (broad SMARTS) is 1. The summed E-state index contributed by atoms with van der Waals surface area (Å²) in [6.07, 6.45) is 0.785. The number of nitrogens with zero attached hydrogens (tertiary/aromatic N) is 4. The third kappa shape index (κ3) is 7.60. The van der Waals surface area contributed by atoms with Crippen molar-refractivity contribution >= 4 is 62.1 Å². The molecule has 20 nitrogen and oxygen atoms in total. The molecule has 0 saturated carbocycles. The zero-order valence-corrected chi connectivity index (χ0v) is 23.6. The number of rotatable bonds is 12. The maximum absolute atomic E-state index is 13.1. The molecule has 1 aliphatic heterocycles. The van der Waals surface area contributed by atoms with Gasteiger partial charge in [0, 0.05) is 11.4 Å². The molecule has 0 radical (unpaired) electrons. The van der Waals surface area contributed by atoms with E-state index in [0.717, 1.165) is 37.4 Å². The zero-order chi connectivity index (χ0) is 32.3. The number of carboxylic acids is 1. The second-order valence-electron chi connectivity index (χ2n) is 8.97. The molecular formula is C21H23N7O13S2. The molecule has 0 aromatic carbocycles. The minimum absolute atomic E-state index is 0.0138. The van der Waals surface area contributed by atoms with Gasteiger partial charge < -0.3 is 41.3 Å². The number of β-lactam (4-membered cyclic amide) rings is 1. The summed E-state index contributed by atoms with van der Waals surface area (Å²) in [4.78, 5) is 73.6. The van der Waals surface area contributed by atoms with Gasteiger partial charge >= 0.3 is 22.2 Å². The summed E-state index contributed by atoms with van der Waals surface area (Å²) in [7, 11) is -5.19.